The summed E-state index contributed by atoms with van der Waals surface area (Å²) in [6, 6.07) is 4.57. The summed E-state index contributed by atoms with van der Waals surface area (Å²) in [4.78, 5) is 23.2. The molecular formula is C26H40N6O. The molecule has 0 spiro atoms. The summed E-state index contributed by atoms with van der Waals surface area (Å²) >= 11 is 0. The lowest BCUT2D eigenvalue weighted by molar-refractivity contribution is 0.0919. The molecule has 2 aromatic heterocycles. The lowest BCUT2D eigenvalue weighted by Gasteiger charge is -2.32. The van der Waals surface area contributed by atoms with E-state index in [1.54, 1.807) is 4.68 Å². The van der Waals surface area contributed by atoms with Gasteiger partial charge in [0.2, 0.25) is 0 Å². The van der Waals surface area contributed by atoms with Crippen LogP contribution in [0.15, 0.2) is 12.1 Å². The predicted octanol–water partition coefficient (Wildman–Crippen LogP) is 4.09. The zero-order valence-corrected chi connectivity index (χ0v) is 20.3. The summed E-state index contributed by atoms with van der Waals surface area (Å²) in [6.07, 6.45) is 11.9. The van der Waals surface area contributed by atoms with Crippen LogP contribution >= 0.6 is 0 Å². The molecule has 0 unspecified atom stereocenters. The third kappa shape index (κ3) is 5.57. The van der Waals surface area contributed by atoms with Gasteiger partial charge in [0.25, 0.3) is 0 Å². The first-order valence-corrected chi connectivity index (χ1v) is 13.2. The van der Waals surface area contributed by atoms with Crippen molar-refractivity contribution >= 4 is 22.6 Å². The number of hydrogen-bond acceptors (Lipinski definition) is 6. The van der Waals surface area contributed by atoms with Gasteiger partial charge in [-0.1, -0.05) is 19.3 Å². The second-order valence-electron chi connectivity index (χ2n) is 10.5. The first-order chi connectivity index (χ1) is 16.2. The van der Waals surface area contributed by atoms with Crippen molar-refractivity contribution in [1.29, 1.82) is 0 Å². The van der Waals surface area contributed by atoms with Gasteiger partial charge in [0.15, 0.2) is 11.4 Å². The van der Waals surface area contributed by atoms with Crippen molar-refractivity contribution in [3.63, 3.8) is 0 Å². The molecule has 0 bridgehead atoms. The number of carbonyl (C=O) groups is 1. The lowest BCUT2D eigenvalue weighted by Crippen LogP contribution is -2.39. The molecular weight excluding hydrogens is 412 g/mol. The maximum atomic E-state index is 13.2. The third-order valence-electron chi connectivity index (χ3n) is 8.02. The number of aryl methyl sites for hydroxylation is 1. The van der Waals surface area contributed by atoms with E-state index in [4.69, 9.17) is 4.98 Å². The topological polar surface area (TPSA) is 66.3 Å². The Morgan fingerprint density at radius 1 is 0.939 bits per heavy atom. The number of piperidine rings is 1. The minimum atomic E-state index is 0.172. The Hall–Kier alpha value is -1.99. The Balaban J connectivity index is 1.15. The van der Waals surface area contributed by atoms with Crippen LogP contribution in [-0.4, -0.2) is 75.7 Å². The zero-order chi connectivity index (χ0) is 22.6. The summed E-state index contributed by atoms with van der Waals surface area (Å²) in [6.45, 7) is 7.16. The van der Waals surface area contributed by atoms with Crippen molar-refractivity contribution in [3.05, 3.63) is 17.8 Å². The molecule has 33 heavy (non-hydrogen) atoms. The lowest BCUT2D eigenvalue weighted by atomic mass is 9.90. The van der Waals surface area contributed by atoms with E-state index in [-0.39, 0.29) is 5.78 Å². The number of aromatic nitrogens is 3. The highest BCUT2D eigenvalue weighted by Crippen LogP contribution is 2.27. The molecule has 7 heteroatoms. The normalized spacial score (nSPS) is 21.7. The third-order valence-corrected chi connectivity index (χ3v) is 8.02. The Kier molecular flexibility index (Phi) is 7.26. The first kappa shape index (κ1) is 22.8. The van der Waals surface area contributed by atoms with Gasteiger partial charge < -0.3 is 15.1 Å². The number of nitrogens with one attached hydrogen (secondary N) is 1. The molecule has 2 aromatic rings. The van der Waals surface area contributed by atoms with E-state index >= 15 is 0 Å². The quantitative estimate of drug-likeness (QED) is 0.609. The van der Waals surface area contributed by atoms with Crippen LogP contribution < -0.4 is 5.32 Å². The number of fused-ring (bicyclic) bond motifs is 1. The first-order valence-electron chi connectivity index (χ1n) is 13.2. The van der Waals surface area contributed by atoms with Crippen LogP contribution in [0, 0.1) is 5.92 Å². The number of rotatable bonds is 8. The number of pyridine rings is 1. The van der Waals surface area contributed by atoms with Gasteiger partial charge in [-0.25, -0.2) is 9.67 Å². The number of ketones is 1. The van der Waals surface area contributed by atoms with Gasteiger partial charge in [-0.15, -0.1) is 0 Å². The maximum Gasteiger partial charge on any atom is 0.184 e. The molecule has 0 amide bonds. The van der Waals surface area contributed by atoms with E-state index in [9.17, 15) is 4.79 Å². The highest BCUT2D eigenvalue weighted by Gasteiger charge is 2.25. The van der Waals surface area contributed by atoms with Crippen LogP contribution in [-0.2, 0) is 7.05 Å². The van der Waals surface area contributed by atoms with Crippen molar-refractivity contribution in [2.24, 2.45) is 13.0 Å². The molecule has 0 atom stereocenters. The molecule has 0 radical (unpaired) electrons. The van der Waals surface area contributed by atoms with Crippen molar-refractivity contribution in [2.75, 3.05) is 44.6 Å². The molecule has 2 aliphatic heterocycles. The van der Waals surface area contributed by atoms with Crippen LogP contribution in [0.25, 0.3) is 11.0 Å². The van der Waals surface area contributed by atoms with Gasteiger partial charge in [0, 0.05) is 32.6 Å². The largest absolute Gasteiger partial charge is 0.367 e. The highest BCUT2D eigenvalue weighted by atomic mass is 16.1. The number of anilines is 1. The summed E-state index contributed by atoms with van der Waals surface area (Å²) in [7, 11) is 1.90. The van der Waals surface area contributed by atoms with E-state index in [1.807, 2.05) is 19.2 Å². The average molecular weight is 453 g/mol. The summed E-state index contributed by atoms with van der Waals surface area (Å²) in [5.41, 5.74) is 1.40. The van der Waals surface area contributed by atoms with Crippen molar-refractivity contribution < 1.29 is 4.79 Å². The van der Waals surface area contributed by atoms with Gasteiger partial charge in [-0.2, -0.15) is 5.10 Å². The molecule has 3 aliphatic rings. The fourth-order valence-electron chi connectivity index (χ4n) is 5.94. The van der Waals surface area contributed by atoms with Crippen molar-refractivity contribution in [3.8, 4) is 0 Å². The molecule has 1 aliphatic carbocycles. The number of nitrogens with zero attached hydrogens (tertiary/aromatic N) is 5. The molecule has 4 heterocycles. The molecule has 5 rings (SSSR count). The minimum absolute atomic E-state index is 0.172. The Morgan fingerprint density at radius 2 is 1.64 bits per heavy atom. The van der Waals surface area contributed by atoms with E-state index in [0.29, 0.717) is 24.1 Å². The summed E-state index contributed by atoms with van der Waals surface area (Å²) in [5.74, 6) is 1.54. The predicted molar refractivity (Wildman–Crippen MR) is 133 cm³/mol. The van der Waals surface area contributed by atoms with Gasteiger partial charge in [-0.05, 0) is 82.8 Å². The molecule has 0 aromatic carbocycles. The summed E-state index contributed by atoms with van der Waals surface area (Å²) in [5, 5.41) is 9.07. The van der Waals surface area contributed by atoms with Crippen LogP contribution in [0.5, 0.6) is 0 Å². The van der Waals surface area contributed by atoms with E-state index in [2.05, 4.69) is 20.2 Å². The molecule has 2 saturated heterocycles. The van der Waals surface area contributed by atoms with Gasteiger partial charge in [0.05, 0.1) is 5.39 Å². The highest BCUT2D eigenvalue weighted by molar-refractivity contribution is 6.05. The van der Waals surface area contributed by atoms with Crippen molar-refractivity contribution in [1.82, 2.24) is 24.6 Å². The fraction of sp³-hybridized carbons (Fsp3) is 0.731. The van der Waals surface area contributed by atoms with E-state index in [1.165, 1.54) is 71.1 Å². The maximum absolute atomic E-state index is 13.2. The van der Waals surface area contributed by atoms with Crippen LogP contribution in [0.1, 0.15) is 74.7 Å². The fourth-order valence-corrected chi connectivity index (χ4v) is 5.94. The molecule has 1 saturated carbocycles. The SMILES string of the molecule is Cn1nc(C(=O)CC2CCN(CCN3CCCC3)CC2)c2ccc(NC3CCCCC3)nc21. The average Bonchev–Trinajstić information content (AvgIpc) is 3.47. The monoisotopic (exact) mass is 452 g/mol. The van der Waals surface area contributed by atoms with Gasteiger partial charge >= 0.3 is 0 Å². The molecule has 180 valence electrons. The number of likely N-dealkylation sites (tertiary alicyclic amines) is 2. The second kappa shape index (κ2) is 10.5. The van der Waals surface area contributed by atoms with Crippen LogP contribution in [0.3, 0.4) is 0 Å². The standard InChI is InChI=1S/C26H40N6O/c1-30-26-22(9-10-24(28-26)27-21-7-3-2-4-8-21)25(29-30)23(33)19-20-11-15-32(16-12-20)18-17-31-13-5-6-14-31/h9-10,20-21H,2-8,11-19H2,1H3,(H,27,28). The van der Waals surface area contributed by atoms with E-state index < -0.39 is 0 Å². The smallest absolute Gasteiger partial charge is 0.184 e. The Morgan fingerprint density at radius 3 is 2.36 bits per heavy atom. The van der Waals surface area contributed by atoms with Gasteiger partial charge in [0.1, 0.15) is 11.5 Å². The summed E-state index contributed by atoms with van der Waals surface area (Å²) < 4.78 is 1.77. The van der Waals surface area contributed by atoms with Gasteiger partial charge in [-0.3, -0.25) is 4.79 Å². The second-order valence-corrected chi connectivity index (χ2v) is 10.5. The Bertz CT molecular complexity index is 936. The number of Topliss-reactive ketones (excluding diaryl/α,β-unsaturated/α-hetero) is 1. The molecule has 3 fully saturated rings. The molecule has 7 nitrogen and oxygen atoms in total. The molecule has 1 N–H and O–H groups in total. The minimum Gasteiger partial charge on any atom is -0.367 e. The van der Waals surface area contributed by atoms with Crippen LogP contribution in [0.4, 0.5) is 5.82 Å². The number of carbonyl (C=O) groups excluding carboxylic acids is 1. The number of hydrogen-bond donors (Lipinski definition) is 1. The Labute approximate surface area is 197 Å². The zero-order valence-electron chi connectivity index (χ0n) is 20.3. The van der Waals surface area contributed by atoms with Crippen LogP contribution in [0.2, 0.25) is 0 Å². The van der Waals surface area contributed by atoms with E-state index in [0.717, 1.165) is 42.8 Å². The van der Waals surface area contributed by atoms with Crippen molar-refractivity contribution in [2.45, 2.75) is 70.3 Å².